The summed E-state index contributed by atoms with van der Waals surface area (Å²) in [5.74, 6) is -0.308. The van der Waals surface area contributed by atoms with Gasteiger partial charge in [-0.1, -0.05) is 6.42 Å². The van der Waals surface area contributed by atoms with Crippen molar-refractivity contribution in [3.63, 3.8) is 0 Å². The first-order valence-electron chi connectivity index (χ1n) is 5.30. The molecule has 0 unspecified atom stereocenters. The SMILES string of the molecule is O=C1NCC2(CCC2)c2cc(F)ccc21. The molecule has 1 aromatic carbocycles. The van der Waals surface area contributed by atoms with Crippen LogP contribution in [0.1, 0.15) is 35.2 Å². The molecule has 1 saturated carbocycles. The van der Waals surface area contributed by atoms with E-state index in [4.69, 9.17) is 0 Å². The topological polar surface area (TPSA) is 29.1 Å². The molecule has 0 saturated heterocycles. The summed E-state index contributed by atoms with van der Waals surface area (Å²) < 4.78 is 13.2. The lowest BCUT2D eigenvalue weighted by molar-refractivity contribution is 0.0895. The molecule has 0 aromatic heterocycles. The van der Waals surface area contributed by atoms with Crippen molar-refractivity contribution in [1.29, 1.82) is 0 Å². The number of nitrogens with one attached hydrogen (secondary N) is 1. The molecular formula is C12H12FNO. The van der Waals surface area contributed by atoms with Gasteiger partial charge in [0.25, 0.3) is 5.91 Å². The van der Waals surface area contributed by atoms with Crippen LogP contribution in [0.5, 0.6) is 0 Å². The molecule has 1 N–H and O–H groups in total. The normalized spacial score (nSPS) is 21.8. The Morgan fingerprint density at radius 2 is 2.13 bits per heavy atom. The van der Waals surface area contributed by atoms with Crippen LogP contribution in [0.3, 0.4) is 0 Å². The molecule has 2 nitrogen and oxygen atoms in total. The summed E-state index contributed by atoms with van der Waals surface area (Å²) in [6.07, 6.45) is 3.29. The van der Waals surface area contributed by atoms with Gasteiger partial charge in [0.15, 0.2) is 0 Å². The third kappa shape index (κ3) is 1.12. The van der Waals surface area contributed by atoms with Gasteiger partial charge in [0, 0.05) is 17.5 Å². The first kappa shape index (κ1) is 8.89. The second kappa shape index (κ2) is 2.81. The van der Waals surface area contributed by atoms with Crippen LogP contribution in [0.15, 0.2) is 18.2 Å². The van der Waals surface area contributed by atoms with E-state index in [2.05, 4.69) is 5.32 Å². The Hall–Kier alpha value is -1.38. The van der Waals surface area contributed by atoms with E-state index in [1.807, 2.05) is 0 Å². The van der Waals surface area contributed by atoms with Gasteiger partial charge in [0.2, 0.25) is 0 Å². The highest BCUT2D eigenvalue weighted by Crippen LogP contribution is 2.46. The average Bonchev–Trinajstić information content (AvgIpc) is 2.15. The molecule has 1 aliphatic heterocycles. The fourth-order valence-corrected chi connectivity index (χ4v) is 2.64. The van der Waals surface area contributed by atoms with Gasteiger partial charge in [0.05, 0.1) is 0 Å². The quantitative estimate of drug-likeness (QED) is 0.689. The monoisotopic (exact) mass is 205 g/mol. The standard InChI is InChI=1S/C12H12FNO/c13-8-2-3-9-10(6-8)12(4-1-5-12)7-14-11(9)15/h2-3,6H,1,4-5,7H2,(H,14,15). The smallest absolute Gasteiger partial charge is 0.251 e. The van der Waals surface area contributed by atoms with Crippen molar-refractivity contribution in [2.75, 3.05) is 6.54 Å². The Kier molecular flexibility index (Phi) is 1.67. The Bertz CT molecular complexity index is 437. The summed E-state index contributed by atoms with van der Waals surface area (Å²) in [7, 11) is 0. The number of benzene rings is 1. The number of hydrogen-bond acceptors (Lipinski definition) is 1. The molecule has 3 heteroatoms. The van der Waals surface area contributed by atoms with Gasteiger partial charge in [-0.2, -0.15) is 0 Å². The zero-order valence-corrected chi connectivity index (χ0v) is 8.35. The highest BCUT2D eigenvalue weighted by molar-refractivity contribution is 5.97. The highest BCUT2D eigenvalue weighted by atomic mass is 19.1. The Morgan fingerprint density at radius 3 is 2.80 bits per heavy atom. The highest BCUT2D eigenvalue weighted by Gasteiger charge is 2.44. The van der Waals surface area contributed by atoms with Crippen LogP contribution in [0.4, 0.5) is 4.39 Å². The molecule has 1 amide bonds. The van der Waals surface area contributed by atoms with Crippen molar-refractivity contribution in [3.05, 3.63) is 35.1 Å². The predicted octanol–water partition coefficient (Wildman–Crippen LogP) is 1.99. The summed E-state index contributed by atoms with van der Waals surface area (Å²) in [4.78, 5) is 11.6. The number of rotatable bonds is 0. The number of carbonyl (C=O) groups is 1. The lowest BCUT2D eigenvalue weighted by Crippen LogP contribution is -2.50. The predicted molar refractivity (Wildman–Crippen MR) is 54.3 cm³/mol. The van der Waals surface area contributed by atoms with Crippen LogP contribution in [0.25, 0.3) is 0 Å². The van der Waals surface area contributed by atoms with E-state index >= 15 is 0 Å². The average molecular weight is 205 g/mol. The van der Waals surface area contributed by atoms with E-state index in [1.165, 1.54) is 18.6 Å². The summed E-state index contributed by atoms with van der Waals surface area (Å²) in [5.41, 5.74) is 1.60. The number of carbonyl (C=O) groups excluding carboxylic acids is 1. The van der Waals surface area contributed by atoms with Crippen LogP contribution in [-0.2, 0) is 5.41 Å². The zero-order chi connectivity index (χ0) is 10.5. The molecule has 78 valence electrons. The van der Waals surface area contributed by atoms with E-state index in [-0.39, 0.29) is 17.1 Å². The molecule has 3 rings (SSSR count). The molecule has 1 fully saturated rings. The molecule has 0 bridgehead atoms. The van der Waals surface area contributed by atoms with Gasteiger partial charge in [-0.3, -0.25) is 4.79 Å². The lowest BCUT2D eigenvalue weighted by Gasteiger charge is -2.45. The fourth-order valence-electron chi connectivity index (χ4n) is 2.64. The van der Waals surface area contributed by atoms with E-state index in [1.54, 1.807) is 6.07 Å². The summed E-state index contributed by atoms with van der Waals surface area (Å²) in [5, 5.41) is 2.89. The van der Waals surface area contributed by atoms with Gasteiger partial charge >= 0.3 is 0 Å². The molecular weight excluding hydrogens is 193 g/mol. The second-order valence-corrected chi connectivity index (χ2v) is 4.51. The Balaban J connectivity index is 2.18. The third-order valence-electron chi connectivity index (χ3n) is 3.70. The summed E-state index contributed by atoms with van der Waals surface area (Å²) >= 11 is 0. The van der Waals surface area contributed by atoms with Crippen molar-refractivity contribution in [2.45, 2.75) is 24.7 Å². The van der Waals surface area contributed by atoms with Gasteiger partial charge in [-0.15, -0.1) is 0 Å². The summed E-state index contributed by atoms with van der Waals surface area (Å²) in [6, 6.07) is 4.49. The number of amides is 1. The maximum absolute atomic E-state index is 13.2. The third-order valence-corrected chi connectivity index (χ3v) is 3.70. The van der Waals surface area contributed by atoms with Crippen molar-refractivity contribution in [1.82, 2.24) is 5.32 Å². The van der Waals surface area contributed by atoms with Crippen molar-refractivity contribution in [2.24, 2.45) is 0 Å². The Labute approximate surface area is 87.5 Å². The molecule has 15 heavy (non-hydrogen) atoms. The van der Waals surface area contributed by atoms with E-state index in [0.717, 1.165) is 18.4 Å². The molecule has 1 heterocycles. The van der Waals surface area contributed by atoms with Gasteiger partial charge in [0.1, 0.15) is 5.82 Å². The van der Waals surface area contributed by atoms with Crippen molar-refractivity contribution >= 4 is 5.91 Å². The maximum Gasteiger partial charge on any atom is 0.251 e. The van der Waals surface area contributed by atoms with Crippen LogP contribution in [0.2, 0.25) is 0 Å². The molecule has 1 aromatic rings. The van der Waals surface area contributed by atoms with Crippen LogP contribution in [0, 0.1) is 5.82 Å². The first-order valence-corrected chi connectivity index (χ1v) is 5.30. The van der Waals surface area contributed by atoms with Gasteiger partial charge < -0.3 is 5.32 Å². The number of fused-ring (bicyclic) bond motifs is 2. The lowest BCUT2D eigenvalue weighted by atomic mass is 9.62. The zero-order valence-electron chi connectivity index (χ0n) is 8.35. The van der Waals surface area contributed by atoms with Crippen LogP contribution < -0.4 is 5.32 Å². The summed E-state index contributed by atoms with van der Waals surface area (Å²) in [6.45, 7) is 0.669. The molecule has 0 radical (unpaired) electrons. The number of halogens is 1. The minimum atomic E-state index is -0.241. The van der Waals surface area contributed by atoms with Crippen molar-refractivity contribution in [3.8, 4) is 0 Å². The van der Waals surface area contributed by atoms with E-state index < -0.39 is 0 Å². The maximum atomic E-state index is 13.2. The van der Waals surface area contributed by atoms with E-state index in [0.29, 0.717) is 12.1 Å². The van der Waals surface area contributed by atoms with E-state index in [9.17, 15) is 9.18 Å². The fraction of sp³-hybridized carbons (Fsp3) is 0.417. The van der Waals surface area contributed by atoms with Crippen molar-refractivity contribution < 1.29 is 9.18 Å². The molecule has 2 aliphatic rings. The molecule has 1 aliphatic carbocycles. The molecule has 1 spiro atoms. The van der Waals surface area contributed by atoms with Crippen LogP contribution in [-0.4, -0.2) is 12.5 Å². The minimum absolute atomic E-state index is 0.0331. The van der Waals surface area contributed by atoms with Crippen LogP contribution >= 0.6 is 0 Å². The van der Waals surface area contributed by atoms with Gasteiger partial charge in [-0.05, 0) is 36.6 Å². The first-order chi connectivity index (χ1) is 7.21. The minimum Gasteiger partial charge on any atom is -0.351 e. The largest absolute Gasteiger partial charge is 0.351 e. The molecule has 0 atom stereocenters. The Morgan fingerprint density at radius 1 is 1.33 bits per heavy atom. The van der Waals surface area contributed by atoms with Gasteiger partial charge in [-0.25, -0.2) is 4.39 Å². The second-order valence-electron chi connectivity index (χ2n) is 4.51. The number of hydrogen-bond donors (Lipinski definition) is 1.